The fraction of sp³-hybridized carbons (Fsp3) is 0.562. The van der Waals surface area contributed by atoms with E-state index in [4.69, 9.17) is 5.73 Å². The normalized spacial score (nSPS) is 23.2. The van der Waals surface area contributed by atoms with Gasteiger partial charge in [0, 0.05) is 25.2 Å². The summed E-state index contributed by atoms with van der Waals surface area (Å²) in [6, 6.07) is 6.08. The third-order valence-corrected chi connectivity index (χ3v) is 4.62. The summed E-state index contributed by atoms with van der Waals surface area (Å²) in [5, 5.41) is 3.67. The highest BCUT2D eigenvalue weighted by atomic mass is 19.1. The molecule has 3 rings (SSSR count). The van der Waals surface area contributed by atoms with Crippen molar-refractivity contribution >= 4 is 5.91 Å². The third-order valence-electron chi connectivity index (χ3n) is 4.62. The van der Waals surface area contributed by atoms with Crippen LogP contribution in [0, 0.1) is 5.82 Å². The second-order valence-corrected chi connectivity index (χ2v) is 6.08. The number of hydrogen-bond acceptors (Lipinski definition) is 3. The monoisotopic (exact) mass is 291 g/mol. The molecule has 1 aliphatic heterocycles. The Hall–Kier alpha value is -1.46. The van der Waals surface area contributed by atoms with Crippen molar-refractivity contribution in [1.82, 2.24) is 10.2 Å². The third kappa shape index (κ3) is 3.24. The van der Waals surface area contributed by atoms with Gasteiger partial charge in [-0.1, -0.05) is 12.1 Å². The van der Waals surface area contributed by atoms with E-state index in [9.17, 15) is 9.18 Å². The van der Waals surface area contributed by atoms with Crippen LogP contribution in [0.3, 0.4) is 0 Å². The SMILES string of the molecule is NC(=O)CN1CCC(NC2CCc3c(F)cccc32)CC1. The molecule has 2 aliphatic rings. The Morgan fingerprint density at radius 2 is 2.10 bits per heavy atom. The molecule has 1 aliphatic carbocycles. The summed E-state index contributed by atoms with van der Waals surface area (Å²) in [7, 11) is 0. The van der Waals surface area contributed by atoms with E-state index >= 15 is 0 Å². The number of hydrogen-bond donors (Lipinski definition) is 2. The predicted octanol–water partition coefficient (Wildman–Crippen LogP) is 1.35. The average Bonchev–Trinajstić information content (AvgIpc) is 2.85. The molecule has 114 valence electrons. The quantitative estimate of drug-likeness (QED) is 0.880. The zero-order chi connectivity index (χ0) is 14.8. The smallest absolute Gasteiger partial charge is 0.231 e. The van der Waals surface area contributed by atoms with Crippen LogP contribution >= 0.6 is 0 Å². The summed E-state index contributed by atoms with van der Waals surface area (Å²) in [5.41, 5.74) is 7.22. The molecule has 1 heterocycles. The first-order valence-electron chi connectivity index (χ1n) is 7.67. The molecule has 1 fully saturated rings. The van der Waals surface area contributed by atoms with Crippen LogP contribution in [0.5, 0.6) is 0 Å². The molecule has 1 saturated heterocycles. The van der Waals surface area contributed by atoms with E-state index in [-0.39, 0.29) is 17.8 Å². The molecular weight excluding hydrogens is 269 g/mol. The minimum atomic E-state index is -0.262. The number of carbonyl (C=O) groups excluding carboxylic acids is 1. The number of carbonyl (C=O) groups is 1. The first-order chi connectivity index (χ1) is 10.1. The summed E-state index contributed by atoms with van der Waals surface area (Å²) in [4.78, 5) is 13.0. The Labute approximate surface area is 124 Å². The second-order valence-electron chi connectivity index (χ2n) is 6.08. The van der Waals surface area contributed by atoms with E-state index in [0.717, 1.165) is 49.9 Å². The molecule has 1 amide bonds. The van der Waals surface area contributed by atoms with Crippen molar-refractivity contribution in [2.75, 3.05) is 19.6 Å². The van der Waals surface area contributed by atoms with Gasteiger partial charge in [-0.15, -0.1) is 0 Å². The van der Waals surface area contributed by atoms with Gasteiger partial charge < -0.3 is 11.1 Å². The Morgan fingerprint density at radius 1 is 1.33 bits per heavy atom. The number of likely N-dealkylation sites (tertiary alicyclic amines) is 1. The summed E-state index contributed by atoms with van der Waals surface area (Å²) < 4.78 is 13.7. The van der Waals surface area contributed by atoms with Gasteiger partial charge in [0.25, 0.3) is 0 Å². The zero-order valence-electron chi connectivity index (χ0n) is 12.1. The van der Waals surface area contributed by atoms with Gasteiger partial charge in [0.1, 0.15) is 5.82 Å². The largest absolute Gasteiger partial charge is 0.369 e. The topological polar surface area (TPSA) is 58.4 Å². The molecule has 4 nitrogen and oxygen atoms in total. The van der Waals surface area contributed by atoms with Crippen LogP contribution in [0.25, 0.3) is 0 Å². The van der Waals surface area contributed by atoms with Crippen LogP contribution in [0.15, 0.2) is 18.2 Å². The maximum absolute atomic E-state index is 13.7. The van der Waals surface area contributed by atoms with Crippen LogP contribution < -0.4 is 11.1 Å². The standard InChI is InChI=1S/C16H22FN3O/c17-14-3-1-2-13-12(14)4-5-15(13)19-11-6-8-20(9-7-11)10-16(18)21/h1-3,11,15,19H,4-10H2,(H2,18,21). The lowest BCUT2D eigenvalue weighted by molar-refractivity contribution is -0.119. The van der Waals surface area contributed by atoms with E-state index in [1.165, 1.54) is 0 Å². The molecule has 1 aromatic rings. The van der Waals surface area contributed by atoms with Gasteiger partial charge in [0.05, 0.1) is 6.54 Å². The van der Waals surface area contributed by atoms with Gasteiger partial charge >= 0.3 is 0 Å². The number of fused-ring (bicyclic) bond motifs is 1. The molecule has 0 aromatic heterocycles. The Morgan fingerprint density at radius 3 is 2.81 bits per heavy atom. The first-order valence-corrected chi connectivity index (χ1v) is 7.67. The Balaban J connectivity index is 1.56. The van der Waals surface area contributed by atoms with Crippen LogP contribution in [-0.4, -0.2) is 36.5 Å². The van der Waals surface area contributed by atoms with Crippen molar-refractivity contribution in [2.45, 2.75) is 37.8 Å². The molecule has 1 unspecified atom stereocenters. The fourth-order valence-electron chi connectivity index (χ4n) is 3.55. The molecule has 0 radical (unpaired) electrons. The number of amides is 1. The van der Waals surface area contributed by atoms with Crippen LogP contribution in [0.1, 0.15) is 36.4 Å². The molecule has 1 atom stereocenters. The number of benzene rings is 1. The lowest BCUT2D eigenvalue weighted by Crippen LogP contribution is -2.45. The van der Waals surface area contributed by atoms with Crippen molar-refractivity contribution in [3.8, 4) is 0 Å². The summed E-state index contributed by atoms with van der Waals surface area (Å²) >= 11 is 0. The van der Waals surface area contributed by atoms with Gasteiger partial charge in [0.2, 0.25) is 5.91 Å². The van der Waals surface area contributed by atoms with Gasteiger partial charge in [-0.05, 0) is 42.9 Å². The van der Waals surface area contributed by atoms with Crippen molar-refractivity contribution in [3.63, 3.8) is 0 Å². The number of piperidine rings is 1. The molecule has 5 heteroatoms. The van der Waals surface area contributed by atoms with Gasteiger partial charge in [-0.2, -0.15) is 0 Å². The number of halogens is 1. The summed E-state index contributed by atoms with van der Waals surface area (Å²) in [6.45, 7) is 2.14. The number of primary amides is 1. The number of nitrogens with two attached hydrogens (primary N) is 1. The van der Waals surface area contributed by atoms with E-state index in [0.29, 0.717) is 12.6 Å². The van der Waals surface area contributed by atoms with Gasteiger partial charge in [-0.3, -0.25) is 9.69 Å². The average molecular weight is 291 g/mol. The maximum Gasteiger partial charge on any atom is 0.231 e. The van der Waals surface area contributed by atoms with E-state index < -0.39 is 0 Å². The second kappa shape index (κ2) is 6.12. The summed E-state index contributed by atoms with van der Waals surface area (Å²) in [5.74, 6) is -0.338. The maximum atomic E-state index is 13.7. The molecule has 3 N–H and O–H groups in total. The lowest BCUT2D eigenvalue weighted by atomic mass is 10.0. The first kappa shape index (κ1) is 14.5. The number of nitrogens with zero attached hydrogens (tertiary/aromatic N) is 1. The van der Waals surface area contributed by atoms with Crippen molar-refractivity contribution in [1.29, 1.82) is 0 Å². The molecule has 0 spiro atoms. The molecule has 0 bridgehead atoms. The molecule has 0 saturated carbocycles. The molecule has 1 aromatic carbocycles. The Bertz CT molecular complexity index is 526. The molecular formula is C16H22FN3O. The summed E-state index contributed by atoms with van der Waals surface area (Å²) in [6.07, 6.45) is 3.81. The van der Waals surface area contributed by atoms with Crippen LogP contribution in [-0.2, 0) is 11.2 Å². The van der Waals surface area contributed by atoms with Crippen molar-refractivity contribution in [2.24, 2.45) is 5.73 Å². The van der Waals surface area contributed by atoms with Crippen molar-refractivity contribution in [3.05, 3.63) is 35.1 Å². The van der Waals surface area contributed by atoms with E-state index in [2.05, 4.69) is 10.2 Å². The van der Waals surface area contributed by atoms with Crippen LogP contribution in [0.4, 0.5) is 4.39 Å². The van der Waals surface area contributed by atoms with Crippen molar-refractivity contribution < 1.29 is 9.18 Å². The minimum Gasteiger partial charge on any atom is -0.369 e. The van der Waals surface area contributed by atoms with E-state index in [1.54, 1.807) is 12.1 Å². The highest BCUT2D eigenvalue weighted by molar-refractivity contribution is 5.75. The van der Waals surface area contributed by atoms with Crippen LogP contribution in [0.2, 0.25) is 0 Å². The highest BCUT2D eigenvalue weighted by Crippen LogP contribution is 2.33. The molecule has 21 heavy (non-hydrogen) atoms. The lowest BCUT2D eigenvalue weighted by Gasteiger charge is -2.33. The highest BCUT2D eigenvalue weighted by Gasteiger charge is 2.28. The number of nitrogens with one attached hydrogen (secondary N) is 1. The van der Waals surface area contributed by atoms with E-state index in [1.807, 2.05) is 6.07 Å². The predicted molar refractivity (Wildman–Crippen MR) is 79.3 cm³/mol. The fourth-order valence-corrected chi connectivity index (χ4v) is 3.55. The Kier molecular flexibility index (Phi) is 4.22. The van der Waals surface area contributed by atoms with Gasteiger partial charge in [-0.25, -0.2) is 4.39 Å². The minimum absolute atomic E-state index is 0.0759. The van der Waals surface area contributed by atoms with Gasteiger partial charge in [0.15, 0.2) is 0 Å². The number of rotatable bonds is 4. The zero-order valence-corrected chi connectivity index (χ0v) is 12.1.